The standard InChI is InChI=1S/C17H21FN2O/c1-4-20(14-7-5-6-13(18)10-14)15-8-9-16(12(2)19-3)17(21)11-15/h5-12,19,21H,4H2,1-3H3. The first kappa shape index (κ1) is 15.3. The van der Waals surface area contributed by atoms with Gasteiger partial charge in [0.2, 0.25) is 0 Å². The number of phenols is 1. The predicted molar refractivity (Wildman–Crippen MR) is 84.7 cm³/mol. The first-order valence-electron chi connectivity index (χ1n) is 7.10. The summed E-state index contributed by atoms with van der Waals surface area (Å²) < 4.78 is 13.4. The van der Waals surface area contributed by atoms with Gasteiger partial charge in [-0.2, -0.15) is 0 Å². The highest BCUT2D eigenvalue weighted by Crippen LogP contribution is 2.32. The van der Waals surface area contributed by atoms with Crippen molar-refractivity contribution in [2.45, 2.75) is 19.9 Å². The number of hydrogen-bond acceptors (Lipinski definition) is 3. The molecular formula is C17H21FN2O. The van der Waals surface area contributed by atoms with E-state index >= 15 is 0 Å². The Morgan fingerprint density at radius 3 is 2.48 bits per heavy atom. The van der Waals surface area contributed by atoms with E-state index in [0.29, 0.717) is 6.54 Å². The zero-order chi connectivity index (χ0) is 15.4. The van der Waals surface area contributed by atoms with Crippen molar-refractivity contribution >= 4 is 11.4 Å². The van der Waals surface area contributed by atoms with Crippen molar-refractivity contribution in [3.05, 3.63) is 53.8 Å². The number of benzene rings is 2. The Morgan fingerprint density at radius 1 is 1.19 bits per heavy atom. The van der Waals surface area contributed by atoms with Gasteiger partial charge in [0.25, 0.3) is 0 Å². The summed E-state index contributed by atoms with van der Waals surface area (Å²) in [6.45, 7) is 4.66. The van der Waals surface area contributed by atoms with E-state index in [1.807, 2.05) is 44.0 Å². The zero-order valence-corrected chi connectivity index (χ0v) is 12.6. The number of phenolic OH excluding ortho intramolecular Hbond substituents is 1. The maximum Gasteiger partial charge on any atom is 0.125 e. The summed E-state index contributed by atoms with van der Waals surface area (Å²) in [6.07, 6.45) is 0. The Labute approximate surface area is 125 Å². The molecule has 3 nitrogen and oxygen atoms in total. The quantitative estimate of drug-likeness (QED) is 0.874. The molecule has 1 unspecified atom stereocenters. The molecule has 0 aliphatic heterocycles. The molecule has 0 spiro atoms. The maximum absolute atomic E-state index is 13.4. The van der Waals surface area contributed by atoms with E-state index in [9.17, 15) is 9.50 Å². The van der Waals surface area contributed by atoms with E-state index in [0.717, 1.165) is 16.9 Å². The van der Waals surface area contributed by atoms with Crippen LogP contribution in [0.15, 0.2) is 42.5 Å². The lowest BCUT2D eigenvalue weighted by atomic mass is 10.1. The predicted octanol–water partition coefficient (Wildman–Crippen LogP) is 3.97. The number of rotatable bonds is 5. The van der Waals surface area contributed by atoms with E-state index in [2.05, 4.69) is 5.32 Å². The highest BCUT2D eigenvalue weighted by molar-refractivity contribution is 5.65. The normalized spacial score (nSPS) is 12.2. The van der Waals surface area contributed by atoms with Crippen molar-refractivity contribution in [3.63, 3.8) is 0 Å². The number of hydrogen-bond donors (Lipinski definition) is 2. The molecule has 2 rings (SSSR count). The van der Waals surface area contributed by atoms with Crippen LogP contribution >= 0.6 is 0 Å². The topological polar surface area (TPSA) is 35.5 Å². The molecule has 4 heteroatoms. The summed E-state index contributed by atoms with van der Waals surface area (Å²) in [4.78, 5) is 1.95. The monoisotopic (exact) mass is 288 g/mol. The smallest absolute Gasteiger partial charge is 0.125 e. The van der Waals surface area contributed by atoms with Crippen LogP contribution in [0.5, 0.6) is 5.75 Å². The third-order valence-corrected chi connectivity index (χ3v) is 3.66. The van der Waals surface area contributed by atoms with Gasteiger partial charge in [-0.05, 0) is 45.2 Å². The molecule has 2 aromatic carbocycles. The van der Waals surface area contributed by atoms with Crippen LogP contribution < -0.4 is 10.2 Å². The van der Waals surface area contributed by atoms with Crippen molar-refractivity contribution in [1.82, 2.24) is 5.32 Å². The molecule has 1 atom stereocenters. The molecule has 0 saturated heterocycles. The van der Waals surface area contributed by atoms with Gasteiger partial charge >= 0.3 is 0 Å². The van der Waals surface area contributed by atoms with Crippen LogP contribution in [0.1, 0.15) is 25.5 Å². The highest BCUT2D eigenvalue weighted by atomic mass is 19.1. The second kappa shape index (κ2) is 6.59. The van der Waals surface area contributed by atoms with Crippen molar-refractivity contribution in [1.29, 1.82) is 0 Å². The van der Waals surface area contributed by atoms with Crippen molar-refractivity contribution in [3.8, 4) is 5.75 Å². The molecular weight excluding hydrogens is 267 g/mol. The number of aromatic hydroxyl groups is 1. The van der Waals surface area contributed by atoms with E-state index in [1.54, 1.807) is 12.1 Å². The van der Waals surface area contributed by atoms with Crippen molar-refractivity contribution in [2.75, 3.05) is 18.5 Å². The third-order valence-electron chi connectivity index (χ3n) is 3.66. The lowest BCUT2D eigenvalue weighted by Gasteiger charge is -2.24. The first-order valence-corrected chi connectivity index (χ1v) is 7.10. The van der Waals surface area contributed by atoms with Crippen molar-refractivity contribution < 1.29 is 9.50 Å². The summed E-state index contributed by atoms with van der Waals surface area (Å²) in [5.41, 5.74) is 2.45. The first-order chi connectivity index (χ1) is 10.1. The molecule has 0 aliphatic rings. The van der Waals surface area contributed by atoms with E-state index in [1.165, 1.54) is 12.1 Å². The number of halogens is 1. The largest absolute Gasteiger partial charge is 0.508 e. The fourth-order valence-corrected chi connectivity index (χ4v) is 2.38. The molecule has 2 N–H and O–H groups in total. The Balaban J connectivity index is 2.37. The molecule has 0 radical (unpaired) electrons. The van der Waals surface area contributed by atoms with Gasteiger partial charge in [0.1, 0.15) is 11.6 Å². The van der Waals surface area contributed by atoms with Crippen LogP contribution in [0, 0.1) is 5.82 Å². The molecule has 0 aromatic heterocycles. The summed E-state index contributed by atoms with van der Waals surface area (Å²) in [7, 11) is 1.85. The molecule has 21 heavy (non-hydrogen) atoms. The van der Waals surface area contributed by atoms with Gasteiger partial charge in [-0.25, -0.2) is 4.39 Å². The Hall–Kier alpha value is -2.07. The van der Waals surface area contributed by atoms with Crippen LogP contribution in [0.25, 0.3) is 0 Å². The SMILES string of the molecule is CCN(c1cccc(F)c1)c1ccc(C(C)NC)c(O)c1. The van der Waals surface area contributed by atoms with Gasteiger partial charge in [-0.3, -0.25) is 0 Å². The Morgan fingerprint density at radius 2 is 1.90 bits per heavy atom. The maximum atomic E-state index is 13.4. The zero-order valence-electron chi connectivity index (χ0n) is 12.6. The minimum Gasteiger partial charge on any atom is -0.508 e. The highest BCUT2D eigenvalue weighted by Gasteiger charge is 2.13. The molecule has 2 aromatic rings. The molecule has 0 saturated carbocycles. The summed E-state index contributed by atoms with van der Waals surface area (Å²) in [5, 5.41) is 13.3. The van der Waals surface area contributed by atoms with Crippen LogP contribution in [0.3, 0.4) is 0 Å². The minimum atomic E-state index is -0.268. The van der Waals surface area contributed by atoms with Crippen LogP contribution in [-0.2, 0) is 0 Å². The summed E-state index contributed by atoms with van der Waals surface area (Å²) in [5.74, 6) is -0.0280. The molecule has 0 amide bonds. The van der Waals surface area contributed by atoms with Gasteiger partial charge in [-0.15, -0.1) is 0 Å². The number of anilines is 2. The molecule has 112 valence electrons. The van der Waals surface area contributed by atoms with Gasteiger partial charge in [-0.1, -0.05) is 12.1 Å². The summed E-state index contributed by atoms with van der Waals surface area (Å²) in [6, 6.07) is 12.1. The van der Waals surface area contributed by atoms with Gasteiger partial charge in [0, 0.05) is 35.6 Å². The number of nitrogens with one attached hydrogen (secondary N) is 1. The third kappa shape index (κ3) is 3.34. The summed E-state index contributed by atoms with van der Waals surface area (Å²) >= 11 is 0. The Bertz CT molecular complexity index is 615. The fourth-order valence-electron chi connectivity index (χ4n) is 2.38. The average Bonchev–Trinajstić information content (AvgIpc) is 2.47. The second-order valence-corrected chi connectivity index (χ2v) is 4.98. The van der Waals surface area contributed by atoms with Gasteiger partial charge in [0.15, 0.2) is 0 Å². The van der Waals surface area contributed by atoms with Gasteiger partial charge in [0.05, 0.1) is 0 Å². The molecule has 0 aliphatic carbocycles. The molecule has 0 heterocycles. The van der Waals surface area contributed by atoms with Crippen molar-refractivity contribution in [2.24, 2.45) is 0 Å². The molecule has 0 bridgehead atoms. The second-order valence-electron chi connectivity index (χ2n) is 4.98. The minimum absolute atomic E-state index is 0.0725. The average molecular weight is 288 g/mol. The van der Waals surface area contributed by atoms with Gasteiger partial charge < -0.3 is 15.3 Å². The Kier molecular flexibility index (Phi) is 4.81. The van der Waals surface area contributed by atoms with Crippen LogP contribution in [0.4, 0.5) is 15.8 Å². The van der Waals surface area contributed by atoms with Crippen LogP contribution in [0.2, 0.25) is 0 Å². The van der Waals surface area contributed by atoms with E-state index in [4.69, 9.17) is 0 Å². The van der Waals surface area contributed by atoms with E-state index < -0.39 is 0 Å². The molecule has 0 fully saturated rings. The lowest BCUT2D eigenvalue weighted by molar-refractivity contribution is 0.458. The lowest BCUT2D eigenvalue weighted by Crippen LogP contribution is -2.17. The van der Waals surface area contributed by atoms with E-state index in [-0.39, 0.29) is 17.6 Å². The van der Waals surface area contributed by atoms with Crippen LogP contribution in [-0.4, -0.2) is 18.7 Å². The fraction of sp³-hybridized carbons (Fsp3) is 0.294. The number of nitrogens with zero attached hydrogens (tertiary/aromatic N) is 1.